The molecule has 4 nitrogen and oxygen atoms in total. The van der Waals surface area contributed by atoms with Crippen molar-refractivity contribution in [2.45, 2.75) is 11.7 Å². The quantitative estimate of drug-likeness (QED) is 0.792. The lowest BCUT2D eigenvalue weighted by molar-refractivity contribution is -0.189. The minimum atomic E-state index is -4.93. The highest BCUT2D eigenvalue weighted by Crippen LogP contribution is 2.37. The topological polar surface area (TPSA) is 44.4 Å². The summed E-state index contributed by atoms with van der Waals surface area (Å²) < 4.78 is 68.3. The Balaban J connectivity index is 2.01. The van der Waals surface area contributed by atoms with Gasteiger partial charge in [-0.2, -0.15) is 13.2 Å². The van der Waals surface area contributed by atoms with E-state index in [1.54, 1.807) is 0 Å². The van der Waals surface area contributed by atoms with Gasteiger partial charge in [0.2, 0.25) is 5.54 Å². The summed E-state index contributed by atoms with van der Waals surface area (Å²) in [5, 5.41) is 3.18. The van der Waals surface area contributed by atoms with Crippen LogP contribution in [-0.4, -0.2) is 29.7 Å². The number of carbonyl (C=O) groups is 1. The zero-order valence-corrected chi connectivity index (χ0v) is 13.9. The van der Waals surface area contributed by atoms with Crippen LogP contribution in [0.5, 0.6) is 0 Å². The highest BCUT2D eigenvalue weighted by atomic mass is 19.4. The van der Waals surface area contributed by atoms with E-state index in [-0.39, 0.29) is 16.8 Å². The molecule has 3 rings (SSSR count). The van der Waals surface area contributed by atoms with Gasteiger partial charge in [0, 0.05) is 30.1 Å². The van der Waals surface area contributed by atoms with E-state index >= 15 is 0 Å². The Kier molecular flexibility index (Phi) is 4.64. The predicted octanol–water partition coefficient (Wildman–Crippen LogP) is 3.84. The van der Waals surface area contributed by atoms with Crippen LogP contribution in [0.2, 0.25) is 0 Å². The molecule has 1 atom stereocenters. The fourth-order valence-electron chi connectivity index (χ4n) is 2.74. The molecular formula is C18H14F5N3O. The van der Waals surface area contributed by atoms with Crippen LogP contribution in [0, 0.1) is 11.6 Å². The van der Waals surface area contributed by atoms with Crippen molar-refractivity contribution in [1.82, 2.24) is 10.4 Å². The van der Waals surface area contributed by atoms with Gasteiger partial charge in [-0.15, -0.1) is 0 Å². The number of anilines is 1. The number of amides is 1. The summed E-state index contributed by atoms with van der Waals surface area (Å²) >= 11 is 0. The first-order chi connectivity index (χ1) is 12.6. The first-order valence-electron chi connectivity index (χ1n) is 7.77. The molecule has 1 heterocycles. The van der Waals surface area contributed by atoms with Gasteiger partial charge in [-0.25, -0.2) is 14.2 Å². The number of rotatable bonds is 3. The Labute approximate surface area is 151 Å². The smallest absolute Gasteiger partial charge is 0.323 e. The average molecular weight is 383 g/mol. The number of para-hydroxylation sites is 1. The molecule has 1 aliphatic rings. The van der Waals surface area contributed by atoms with Gasteiger partial charge in [0.25, 0.3) is 5.91 Å². The van der Waals surface area contributed by atoms with Crippen molar-refractivity contribution < 1.29 is 26.7 Å². The minimum Gasteiger partial charge on any atom is -0.323 e. The Morgan fingerprint density at radius 1 is 1.11 bits per heavy atom. The summed E-state index contributed by atoms with van der Waals surface area (Å²) in [5.74, 6) is -2.90. The molecule has 1 unspecified atom stereocenters. The van der Waals surface area contributed by atoms with Gasteiger partial charge >= 0.3 is 6.18 Å². The second-order valence-electron chi connectivity index (χ2n) is 5.97. The first-order valence-corrected chi connectivity index (χ1v) is 7.77. The largest absolute Gasteiger partial charge is 0.421 e. The summed E-state index contributed by atoms with van der Waals surface area (Å²) in [4.78, 5) is 12.5. The van der Waals surface area contributed by atoms with E-state index in [1.807, 2.05) is 0 Å². The molecule has 2 aromatic carbocycles. The summed E-state index contributed by atoms with van der Waals surface area (Å²) in [7, 11) is 1.31. The zero-order valence-electron chi connectivity index (χ0n) is 13.9. The van der Waals surface area contributed by atoms with E-state index in [4.69, 9.17) is 0 Å². The van der Waals surface area contributed by atoms with Crippen molar-refractivity contribution in [3.8, 4) is 11.1 Å². The number of carbonyl (C=O) groups excluding carboxylic acids is 1. The molecule has 0 saturated carbocycles. The molecule has 1 amide bonds. The molecule has 0 aliphatic carbocycles. The molecule has 0 spiro atoms. The second kappa shape index (κ2) is 6.66. The maximum Gasteiger partial charge on any atom is 0.421 e. The molecule has 27 heavy (non-hydrogen) atoms. The molecule has 0 fully saturated rings. The molecule has 0 aromatic heterocycles. The number of hydrazine groups is 1. The third-order valence-electron chi connectivity index (χ3n) is 4.10. The molecule has 142 valence electrons. The Bertz CT molecular complexity index is 912. The molecule has 0 radical (unpaired) electrons. The highest BCUT2D eigenvalue weighted by molar-refractivity contribution is 6.03. The molecule has 2 aromatic rings. The van der Waals surface area contributed by atoms with E-state index in [1.165, 1.54) is 31.3 Å². The number of alkyl halides is 3. The van der Waals surface area contributed by atoms with Crippen molar-refractivity contribution in [1.29, 1.82) is 0 Å². The van der Waals surface area contributed by atoms with Crippen molar-refractivity contribution in [2.75, 3.05) is 12.4 Å². The first kappa shape index (κ1) is 18.8. The van der Waals surface area contributed by atoms with Gasteiger partial charge in [-0.05, 0) is 30.3 Å². The van der Waals surface area contributed by atoms with Crippen LogP contribution in [0.25, 0.3) is 11.1 Å². The number of nitrogens with one attached hydrogen (secondary N) is 2. The van der Waals surface area contributed by atoms with Crippen molar-refractivity contribution in [2.24, 2.45) is 0 Å². The average Bonchev–Trinajstić information content (AvgIpc) is 3.01. The summed E-state index contributed by atoms with van der Waals surface area (Å²) in [6.07, 6.45) is -3.17. The summed E-state index contributed by atoms with van der Waals surface area (Å²) in [6.45, 7) is 0. The fraction of sp³-hybridized carbons (Fsp3) is 0.167. The molecule has 0 saturated heterocycles. The van der Waals surface area contributed by atoms with Crippen molar-refractivity contribution in [3.05, 3.63) is 66.4 Å². The summed E-state index contributed by atoms with van der Waals surface area (Å²) in [5.41, 5.74) is -1.13. The number of hydrogen-bond donors (Lipinski definition) is 2. The third kappa shape index (κ3) is 3.37. The van der Waals surface area contributed by atoms with Gasteiger partial charge in [-0.3, -0.25) is 4.79 Å². The Hall–Kier alpha value is -2.94. The minimum absolute atomic E-state index is 0.0514. The lowest BCUT2D eigenvalue weighted by Gasteiger charge is -2.31. The molecule has 1 aliphatic heterocycles. The number of halogens is 5. The predicted molar refractivity (Wildman–Crippen MR) is 89.2 cm³/mol. The monoisotopic (exact) mass is 383 g/mol. The highest BCUT2D eigenvalue weighted by Gasteiger charge is 2.61. The van der Waals surface area contributed by atoms with Crippen molar-refractivity contribution >= 4 is 11.6 Å². The van der Waals surface area contributed by atoms with E-state index in [0.717, 1.165) is 29.4 Å². The van der Waals surface area contributed by atoms with Crippen LogP contribution >= 0.6 is 0 Å². The number of benzene rings is 2. The standard InChI is InChI=1S/C18H14F5N3O/c1-26-9-8-17(25-26,18(21,22)23)16(27)24-15-5-3-2-4-12(15)13-10-11(19)6-7-14(13)20/h2-10,25H,1H3,(H,24,27). The second-order valence-corrected chi connectivity index (χ2v) is 5.97. The molecule has 2 N–H and O–H groups in total. The third-order valence-corrected chi connectivity index (χ3v) is 4.10. The van der Waals surface area contributed by atoms with E-state index in [2.05, 4.69) is 10.7 Å². The van der Waals surface area contributed by atoms with Crippen LogP contribution < -0.4 is 10.7 Å². The maximum absolute atomic E-state index is 14.1. The van der Waals surface area contributed by atoms with Crippen molar-refractivity contribution in [3.63, 3.8) is 0 Å². The van der Waals surface area contributed by atoms with Gasteiger partial charge < -0.3 is 10.3 Å². The van der Waals surface area contributed by atoms with Crippen LogP contribution in [0.1, 0.15) is 0 Å². The lowest BCUT2D eigenvalue weighted by Crippen LogP contribution is -2.63. The van der Waals surface area contributed by atoms with Gasteiger partial charge in [0.1, 0.15) is 11.6 Å². The van der Waals surface area contributed by atoms with Crippen LogP contribution in [0.4, 0.5) is 27.6 Å². The zero-order chi connectivity index (χ0) is 19.8. The maximum atomic E-state index is 14.1. The SMILES string of the molecule is CN1C=CC(C(=O)Nc2ccccc2-c2cc(F)ccc2F)(C(F)(F)F)N1. The Morgan fingerprint density at radius 2 is 1.81 bits per heavy atom. The molecular weight excluding hydrogens is 369 g/mol. The fourth-order valence-corrected chi connectivity index (χ4v) is 2.74. The number of nitrogens with zero attached hydrogens (tertiary/aromatic N) is 1. The van der Waals surface area contributed by atoms with Gasteiger partial charge in [0.05, 0.1) is 0 Å². The van der Waals surface area contributed by atoms with Crippen LogP contribution in [0.15, 0.2) is 54.7 Å². The molecule has 9 heteroatoms. The number of hydrogen-bond acceptors (Lipinski definition) is 3. The normalized spacial score (nSPS) is 19.4. The van der Waals surface area contributed by atoms with E-state index < -0.39 is 29.3 Å². The van der Waals surface area contributed by atoms with Crippen LogP contribution in [-0.2, 0) is 4.79 Å². The molecule has 0 bridgehead atoms. The van der Waals surface area contributed by atoms with E-state index in [0.29, 0.717) is 6.08 Å². The van der Waals surface area contributed by atoms with E-state index in [9.17, 15) is 26.7 Å². The summed E-state index contributed by atoms with van der Waals surface area (Å²) in [6, 6.07) is 8.36. The van der Waals surface area contributed by atoms with Gasteiger partial charge in [-0.1, -0.05) is 18.2 Å². The van der Waals surface area contributed by atoms with Gasteiger partial charge in [0.15, 0.2) is 0 Å². The lowest BCUT2D eigenvalue weighted by atomic mass is 9.98. The van der Waals surface area contributed by atoms with Crippen LogP contribution in [0.3, 0.4) is 0 Å². The Morgan fingerprint density at radius 3 is 2.44 bits per heavy atom.